The molecule has 2 aliphatic carbocycles. The van der Waals surface area contributed by atoms with Gasteiger partial charge in [-0.15, -0.1) is 0 Å². The Bertz CT molecular complexity index is 1060. The predicted molar refractivity (Wildman–Crippen MR) is 125 cm³/mol. The molecule has 6 heteroatoms. The molecule has 3 heterocycles. The fraction of sp³-hybridized carbons (Fsp3) is 0.500. The average molecular weight is 430 g/mol. The maximum absolute atomic E-state index is 5.95. The first-order valence-corrected chi connectivity index (χ1v) is 12.2. The van der Waals surface area contributed by atoms with Gasteiger partial charge in [-0.2, -0.15) is 0 Å². The lowest BCUT2D eigenvalue weighted by Gasteiger charge is -2.25. The monoisotopic (exact) mass is 429 g/mol. The molecule has 2 bridgehead atoms. The lowest BCUT2D eigenvalue weighted by Crippen LogP contribution is -2.29. The number of anilines is 1. The highest BCUT2D eigenvalue weighted by atomic mass is 16.5. The van der Waals surface area contributed by atoms with E-state index in [1.165, 1.54) is 44.9 Å². The van der Waals surface area contributed by atoms with Crippen LogP contribution in [0, 0.1) is 11.8 Å². The Hall–Kier alpha value is -2.73. The SMILES string of the molecule is c1ccc(-c2noc(CN3CCCCC3)c2-c2ccnc(NC3C[C@H]4CC[C@H]3C4)n2)cc1. The molecule has 1 aromatic carbocycles. The standard InChI is InChI=1S/C26H31N5O/c1-3-7-19(8-4-1)25-24(23(32-30-25)17-31-13-5-2-6-14-31)21-11-12-27-26(28-21)29-22-16-18-9-10-20(22)15-18/h1,3-4,7-8,11-12,18,20,22H,2,5-6,9-10,13-17H2,(H,27,28,29)/t18-,20-,22?/m0/s1. The van der Waals surface area contributed by atoms with Crippen LogP contribution in [0.25, 0.3) is 22.5 Å². The van der Waals surface area contributed by atoms with Crippen LogP contribution in [0.3, 0.4) is 0 Å². The molecule has 1 saturated heterocycles. The van der Waals surface area contributed by atoms with Gasteiger partial charge in [-0.25, -0.2) is 9.97 Å². The van der Waals surface area contributed by atoms with Crippen LogP contribution >= 0.6 is 0 Å². The van der Waals surface area contributed by atoms with Crippen LogP contribution in [-0.2, 0) is 6.54 Å². The van der Waals surface area contributed by atoms with Gasteiger partial charge < -0.3 is 9.84 Å². The van der Waals surface area contributed by atoms with Crippen molar-refractivity contribution in [1.82, 2.24) is 20.0 Å². The van der Waals surface area contributed by atoms with E-state index < -0.39 is 0 Å². The van der Waals surface area contributed by atoms with Gasteiger partial charge in [-0.3, -0.25) is 4.90 Å². The second kappa shape index (κ2) is 8.66. The summed E-state index contributed by atoms with van der Waals surface area (Å²) < 4.78 is 5.95. The number of hydrogen-bond donors (Lipinski definition) is 1. The smallest absolute Gasteiger partial charge is 0.223 e. The molecule has 1 unspecified atom stereocenters. The molecule has 1 N–H and O–H groups in total. The van der Waals surface area contributed by atoms with Crippen LogP contribution in [0.4, 0.5) is 5.95 Å². The normalized spacial score (nSPS) is 25.3. The van der Waals surface area contributed by atoms with Crippen LogP contribution < -0.4 is 5.32 Å². The number of piperidine rings is 1. The van der Waals surface area contributed by atoms with Gasteiger partial charge >= 0.3 is 0 Å². The van der Waals surface area contributed by atoms with Crippen LogP contribution in [0.15, 0.2) is 47.1 Å². The molecule has 6 nitrogen and oxygen atoms in total. The van der Waals surface area contributed by atoms with E-state index in [1.54, 1.807) is 0 Å². The molecule has 3 aliphatic rings. The fourth-order valence-electron chi connectivity index (χ4n) is 5.96. The molecule has 3 aromatic rings. The minimum Gasteiger partial charge on any atom is -0.359 e. The predicted octanol–water partition coefficient (Wildman–Crippen LogP) is 5.39. The van der Waals surface area contributed by atoms with Gasteiger partial charge in [0.05, 0.1) is 17.8 Å². The number of likely N-dealkylation sites (tertiary alicyclic amines) is 1. The highest BCUT2D eigenvalue weighted by Crippen LogP contribution is 2.45. The van der Waals surface area contributed by atoms with Crippen molar-refractivity contribution in [1.29, 1.82) is 0 Å². The number of aromatic nitrogens is 3. The third-order valence-electron chi connectivity index (χ3n) is 7.59. The summed E-state index contributed by atoms with van der Waals surface area (Å²) in [6, 6.07) is 12.8. The number of rotatable bonds is 6. The second-order valence-electron chi connectivity index (χ2n) is 9.72. The third-order valence-corrected chi connectivity index (χ3v) is 7.59. The second-order valence-corrected chi connectivity index (χ2v) is 9.72. The van der Waals surface area contributed by atoms with Gasteiger partial charge in [0.2, 0.25) is 5.95 Å². The number of fused-ring (bicyclic) bond motifs is 2. The van der Waals surface area contributed by atoms with E-state index in [0.29, 0.717) is 6.04 Å². The van der Waals surface area contributed by atoms with E-state index in [-0.39, 0.29) is 0 Å². The van der Waals surface area contributed by atoms with Gasteiger partial charge in [0, 0.05) is 17.8 Å². The zero-order valence-corrected chi connectivity index (χ0v) is 18.5. The van der Waals surface area contributed by atoms with Crippen LogP contribution in [-0.4, -0.2) is 39.2 Å². The van der Waals surface area contributed by atoms with Crippen molar-refractivity contribution < 1.29 is 4.52 Å². The summed E-state index contributed by atoms with van der Waals surface area (Å²) in [7, 11) is 0. The molecule has 0 amide bonds. The van der Waals surface area contributed by atoms with E-state index in [2.05, 4.69) is 32.5 Å². The number of nitrogens with one attached hydrogen (secondary N) is 1. The van der Waals surface area contributed by atoms with Gasteiger partial charge in [-0.05, 0) is 63.1 Å². The quantitative estimate of drug-likeness (QED) is 0.567. The van der Waals surface area contributed by atoms with Crippen molar-refractivity contribution in [2.45, 2.75) is 57.5 Å². The van der Waals surface area contributed by atoms with Gasteiger partial charge in [0.15, 0.2) is 5.76 Å². The summed E-state index contributed by atoms with van der Waals surface area (Å²) in [6.45, 7) is 3.00. The zero-order valence-electron chi connectivity index (χ0n) is 18.5. The Morgan fingerprint density at radius 1 is 1.00 bits per heavy atom. The van der Waals surface area contributed by atoms with Crippen LogP contribution in [0.5, 0.6) is 0 Å². The van der Waals surface area contributed by atoms with E-state index in [9.17, 15) is 0 Å². The molecule has 32 heavy (non-hydrogen) atoms. The molecule has 166 valence electrons. The lowest BCUT2D eigenvalue weighted by atomic mass is 9.95. The van der Waals surface area contributed by atoms with Gasteiger partial charge in [-0.1, -0.05) is 48.3 Å². The van der Waals surface area contributed by atoms with Gasteiger partial charge in [0.25, 0.3) is 0 Å². The summed E-state index contributed by atoms with van der Waals surface area (Å²) in [4.78, 5) is 12.0. The van der Waals surface area contributed by atoms with Crippen molar-refractivity contribution in [3.05, 3.63) is 48.4 Å². The summed E-state index contributed by atoms with van der Waals surface area (Å²) in [6.07, 6.45) is 11.0. The Kier molecular flexibility index (Phi) is 5.39. The van der Waals surface area contributed by atoms with Crippen molar-refractivity contribution in [3.63, 3.8) is 0 Å². The van der Waals surface area contributed by atoms with Gasteiger partial charge in [0.1, 0.15) is 5.69 Å². The molecular weight excluding hydrogens is 398 g/mol. The van der Waals surface area contributed by atoms with Crippen molar-refractivity contribution >= 4 is 5.95 Å². The molecule has 2 saturated carbocycles. The average Bonchev–Trinajstić information content (AvgIpc) is 3.57. The Morgan fingerprint density at radius 3 is 2.66 bits per heavy atom. The van der Waals surface area contributed by atoms with Crippen molar-refractivity contribution in [3.8, 4) is 22.5 Å². The molecule has 1 aliphatic heterocycles. The topological polar surface area (TPSA) is 67.1 Å². The van der Waals surface area contributed by atoms with E-state index in [1.807, 2.05) is 30.5 Å². The first-order valence-electron chi connectivity index (χ1n) is 12.2. The number of hydrogen-bond acceptors (Lipinski definition) is 6. The summed E-state index contributed by atoms with van der Waals surface area (Å²) in [5.41, 5.74) is 3.80. The molecule has 3 fully saturated rings. The Balaban J connectivity index is 1.33. The molecule has 0 spiro atoms. The maximum Gasteiger partial charge on any atom is 0.223 e. The largest absolute Gasteiger partial charge is 0.359 e. The van der Waals surface area contributed by atoms with E-state index >= 15 is 0 Å². The molecule has 2 aromatic heterocycles. The molecular formula is C26H31N5O. The maximum atomic E-state index is 5.95. The lowest BCUT2D eigenvalue weighted by molar-refractivity contribution is 0.197. The van der Waals surface area contributed by atoms with Crippen molar-refractivity contribution in [2.75, 3.05) is 18.4 Å². The molecule has 6 rings (SSSR count). The van der Waals surface area contributed by atoms with E-state index in [4.69, 9.17) is 9.51 Å². The summed E-state index contributed by atoms with van der Waals surface area (Å²) in [5.74, 6) is 3.29. The minimum atomic E-state index is 0.507. The molecule has 3 atom stereocenters. The highest BCUT2D eigenvalue weighted by molar-refractivity contribution is 5.80. The van der Waals surface area contributed by atoms with Crippen molar-refractivity contribution in [2.24, 2.45) is 11.8 Å². The molecule has 0 radical (unpaired) electrons. The number of nitrogens with zero attached hydrogens (tertiary/aromatic N) is 4. The third kappa shape index (κ3) is 3.92. The van der Waals surface area contributed by atoms with E-state index in [0.717, 1.165) is 65.7 Å². The van der Waals surface area contributed by atoms with Crippen LogP contribution in [0.1, 0.15) is 50.7 Å². The minimum absolute atomic E-state index is 0.507. The summed E-state index contributed by atoms with van der Waals surface area (Å²) in [5, 5.41) is 8.16. The Labute approximate surface area is 189 Å². The zero-order chi connectivity index (χ0) is 21.3. The van der Waals surface area contributed by atoms with Crippen LogP contribution in [0.2, 0.25) is 0 Å². The first kappa shape index (κ1) is 19.9. The summed E-state index contributed by atoms with van der Waals surface area (Å²) >= 11 is 0. The first-order chi connectivity index (χ1) is 15.8. The fourth-order valence-corrected chi connectivity index (χ4v) is 5.96. The number of benzene rings is 1. The Morgan fingerprint density at radius 2 is 1.88 bits per heavy atom. The highest BCUT2D eigenvalue weighted by Gasteiger charge is 2.39.